The van der Waals surface area contributed by atoms with Crippen molar-refractivity contribution in [1.82, 2.24) is 5.32 Å². The fraction of sp³-hybridized carbons (Fsp3) is 0.500. The molecule has 2 rings (SSSR count). The molecule has 3 nitrogen and oxygen atoms in total. The molecule has 0 amide bonds. The van der Waals surface area contributed by atoms with Gasteiger partial charge in [0, 0.05) is 17.6 Å². The Morgan fingerprint density at radius 3 is 2.44 bits per heavy atom. The zero-order chi connectivity index (χ0) is 13.4. The van der Waals surface area contributed by atoms with Crippen LogP contribution >= 0.6 is 0 Å². The normalized spacial score (nSPS) is 26.4. The number of benzene rings is 1. The second kappa shape index (κ2) is 4.59. The Morgan fingerprint density at radius 1 is 1.33 bits per heavy atom. The average molecular weight is 275 g/mol. The van der Waals surface area contributed by atoms with E-state index in [9.17, 15) is 17.2 Å². The summed E-state index contributed by atoms with van der Waals surface area (Å²) in [6.07, 6.45) is 0.464. The number of halogens is 2. The van der Waals surface area contributed by atoms with E-state index in [1.807, 2.05) is 0 Å². The van der Waals surface area contributed by atoms with Crippen LogP contribution in [-0.2, 0) is 16.4 Å². The van der Waals surface area contributed by atoms with E-state index < -0.39 is 27.0 Å². The lowest BCUT2D eigenvalue weighted by atomic mass is 10.0. The van der Waals surface area contributed by atoms with Gasteiger partial charge in [0.15, 0.2) is 9.84 Å². The average Bonchev–Trinajstić information content (AvgIpc) is 2.53. The second-order valence-electron chi connectivity index (χ2n) is 4.96. The van der Waals surface area contributed by atoms with Gasteiger partial charge >= 0.3 is 0 Å². The molecule has 0 bridgehead atoms. The number of rotatable bonds is 3. The fourth-order valence-corrected chi connectivity index (χ4v) is 4.28. The summed E-state index contributed by atoms with van der Waals surface area (Å²) >= 11 is 0. The lowest BCUT2D eigenvalue weighted by molar-refractivity contribution is 0.386. The van der Waals surface area contributed by atoms with Gasteiger partial charge in [-0.25, -0.2) is 17.2 Å². The van der Waals surface area contributed by atoms with Crippen LogP contribution < -0.4 is 5.32 Å². The Kier molecular flexibility index (Phi) is 3.42. The monoisotopic (exact) mass is 275 g/mol. The maximum absolute atomic E-state index is 13.4. The third-order valence-electron chi connectivity index (χ3n) is 3.26. The molecule has 1 aliphatic heterocycles. The largest absolute Gasteiger partial charge is 0.306 e. The molecule has 100 valence electrons. The van der Waals surface area contributed by atoms with Crippen LogP contribution in [0.4, 0.5) is 8.78 Å². The number of hydrogen-bond acceptors (Lipinski definition) is 3. The predicted molar refractivity (Wildman–Crippen MR) is 64.9 cm³/mol. The maximum Gasteiger partial charge on any atom is 0.152 e. The number of nitrogens with one attached hydrogen (secondary N) is 1. The number of hydrogen-bond donors (Lipinski definition) is 1. The van der Waals surface area contributed by atoms with Crippen molar-refractivity contribution >= 4 is 9.84 Å². The summed E-state index contributed by atoms with van der Waals surface area (Å²) in [6, 6.07) is 3.68. The Morgan fingerprint density at radius 2 is 1.94 bits per heavy atom. The van der Waals surface area contributed by atoms with Gasteiger partial charge in [-0.05, 0) is 25.5 Å². The highest BCUT2D eigenvalue weighted by Crippen LogP contribution is 2.24. The summed E-state index contributed by atoms with van der Waals surface area (Å²) in [7, 11) is -3.03. The third-order valence-corrected chi connectivity index (χ3v) is 5.16. The topological polar surface area (TPSA) is 46.2 Å². The van der Waals surface area contributed by atoms with Crippen molar-refractivity contribution in [3.05, 3.63) is 35.4 Å². The first-order valence-electron chi connectivity index (χ1n) is 5.70. The summed E-state index contributed by atoms with van der Waals surface area (Å²) in [6.45, 7) is 1.75. The maximum atomic E-state index is 13.4. The molecule has 18 heavy (non-hydrogen) atoms. The lowest BCUT2D eigenvalue weighted by Gasteiger charge is -2.24. The smallest absolute Gasteiger partial charge is 0.152 e. The molecule has 1 heterocycles. The van der Waals surface area contributed by atoms with Crippen LogP contribution in [-0.4, -0.2) is 25.5 Å². The van der Waals surface area contributed by atoms with E-state index in [-0.39, 0.29) is 23.6 Å². The van der Waals surface area contributed by atoms with Gasteiger partial charge in [-0.1, -0.05) is 6.07 Å². The van der Waals surface area contributed by atoms with Crippen molar-refractivity contribution in [2.75, 3.05) is 11.5 Å². The zero-order valence-corrected chi connectivity index (χ0v) is 10.9. The van der Waals surface area contributed by atoms with Crippen molar-refractivity contribution in [3.8, 4) is 0 Å². The molecule has 0 aromatic heterocycles. The number of sulfone groups is 1. The molecule has 1 N–H and O–H groups in total. The van der Waals surface area contributed by atoms with Crippen LogP contribution in [0.3, 0.4) is 0 Å². The van der Waals surface area contributed by atoms with Crippen LogP contribution in [0.1, 0.15) is 18.9 Å². The Hall–Kier alpha value is -1.01. The van der Waals surface area contributed by atoms with Gasteiger partial charge in [0.1, 0.15) is 11.6 Å². The van der Waals surface area contributed by atoms with E-state index in [2.05, 4.69) is 5.32 Å². The van der Waals surface area contributed by atoms with Gasteiger partial charge in [-0.15, -0.1) is 0 Å². The molecule has 0 spiro atoms. The van der Waals surface area contributed by atoms with Crippen molar-refractivity contribution in [1.29, 1.82) is 0 Å². The Bertz CT molecular complexity index is 539. The van der Waals surface area contributed by atoms with Crippen molar-refractivity contribution < 1.29 is 17.2 Å². The first-order chi connectivity index (χ1) is 8.31. The van der Waals surface area contributed by atoms with Crippen LogP contribution in [0.15, 0.2) is 18.2 Å². The highest BCUT2D eigenvalue weighted by atomic mass is 32.2. The van der Waals surface area contributed by atoms with E-state index in [4.69, 9.17) is 0 Å². The molecular formula is C12H15F2NO2S. The van der Waals surface area contributed by atoms with Crippen molar-refractivity contribution in [2.24, 2.45) is 0 Å². The standard InChI is InChI=1S/C12H15F2NO2S/c1-12(5-6-18(16,17)8-12)15-7-9-10(13)3-2-4-11(9)14/h2-4,15H,5-8H2,1H3. The van der Waals surface area contributed by atoms with Crippen LogP contribution in [0, 0.1) is 11.6 Å². The molecule has 1 saturated heterocycles. The van der Waals surface area contributed by atoms with E-state index in [0.717, 1.165) is 0 Å². The molecule has 0 radical (unpaired) electrons. The lowest BCUT2D eigenvalue weighted by Crippen LogP contribution is -2.43. The molecule has 0 aliphatic carbocycles. The summed E-state index contributed by atoms with van der Waals surface area (Å²) < 4.78 is 49.6. The highest BCUT2D eigenvalue weighted by Gasteiger charge is 2.38. The zero-order valence-electron chi connectivity index (χ0n) is 10.0. The first-order valence-corrected chi connectivity index (χ1v) is 7.52. The molecule has 1 aliphatic rings. The summed E-state index contributed by atoms with van der Waals surface area (Å²) in [5.41, 5.74) is -0.656. The van der Waals surface area contributed by atoms with Crippen molar-refractivity contribution in [2.45, 2.75) is 25.4 Å². The molecule has 1 fully saturated rings. The molecule has 0 saturated carbocycles. The molecule has 1 unspecified atom stereocenters. The van der Waals surface area contributed by atoms with E-state index >= 15 is 0 Å². The molecule has 1 aromatic rings. The van der Waals surface area contributed by atoms with E-state index in [1.165, 1.54) is 18.2 Å². The minimum absolute atomic E-state index is 0.00940. The minimum Gasteiger partial charge on any atom is -0.306 e. The second-order valence-corrected chi connectivity index (χ2v) is 7.14. The van der Waals surface area contributed by atoms with Gasteiger partial charge in [0.05, 0.1) is 11.5 Å². The van der Waals surface area contributed by atoms with Gasteiger partial charge in [0.2, 0.25) is 0 Å². The Labute approximate surface area is 105 Å². The fourth-order valence-electron chi connectivity index (χ4n) is 2.15. The van der Waals surface area contributed by atoms with Gasteiger partial charge < -0.3 is 5.32 Å². The Balaban J connectivity index is 2.09. The summed E-state index contributed by atoms with van der Waals surface area (Å²) in [5, 5.41) is 2.95. The summed E-state index contributed by atoms with van der Waals surface area (Å²) in [5.74, 6) is -1.11. The van der Waals surface area contributed by atoms with Gasteiger partial charge in [-0.2, -0.15) is 0 Å². The van der Waals surface area contributed by atoms with Crippen LogP contribution in [0.5, 0.6) is 0 Å². The van der Waals surface area contributed by atoms with Crippen LogP contribution in [0.25, 0.3) is 0 Å². The van der Waals surface area contributed by atoms with Gasteiger partial charge in [0.25, 0.3) is 0 Å². The third kappa shape index (κ3) is 2.87. The first kappa shape index (κ1) is 13.4. The minimum atomic E-state index is -3.03. The van der Waals surface area contributed by atoms with Gasteiger partial charge in [-0.3, -0.25) is 0 Å². The van der Waals surface area contributed by atoms with E-state index in [1.54, 1.807) is 6.92 Å². The molecule has 1 aromatic carbocycles. The molecule has 1 atom stereocenters. The van der Waals surface area contributed by atoms with E-state index in [0.29, 0.717) is 6.42 Å². The molecular weight excluding hydrogens is 260 g/mol. The molecule has 6 heteroatoms. The summed E-state index contributed by atoms with van der Waals surface area (Å²) in [4.78, 5) is 0. The quantitative estimate of drug-likeness (QED) is 0.912. The predicted octanol–water partition coefficient (Wildman–Crippen LogP) is 1.63. The SMILES string of the molecule is CC1(NCc2c(F)cccc2F)CCS(=O)(=O)C1. The van der Waals surface area contributed by atoms with Crippen LogP contribution in [0.2, 0.25) is 0 Å². The highest BCUT2D eigenvalue weighted by molar-refractivity contribution is 7.91. The van der Waals surface area contributed by atoms with Crippen molar-refractivity contribution in [3.63, 3.8) is 0 Å².